The normalized spacial score (nSPS) is 30.7. The Labute approximate surface area is 129 Å². The van der Waals surface area contributed by atoms with Crippen LogP contribution >= 0.6 is 0 Å². The molecular formula is C19H29NO. The van der Waals surface area contributed by atoms with Gasteiger partial charge in [-0.15, -0.1) is 0 Å². The molecule has 2 nitrogen and oxygen atoms in total. The smallest absolute Gasteiger partial charge is 0.0583 e. The summed E-state index contributed by atoms with van der Waals surface area (Å²) in [6.07, 6.45) is 8.36. The first kappa shape index (κ1) is 15.1. The molecule has 1 saturated heterocycles. The summed E-state index contributed by atoms with van der Waals surface area (Å²) in [6.45, 7) is 4.46. The van der Waals surface area contributed by atoms with E-state index >= 15 is 0 Å². The van der Waals surface area contributed by atoms with Crippen LogP contribution in [0.2, 0.25) is 0 Å². The van der Waals surface area contributed by atoms with Gasteiger partial charge in [-0.05, 0) is 49.8 Å². The van der Waals surface area contributed by atoms with Gasteiger partial charge in [-0.3, -0.25) is 4.90 Å². The van der Waals surface area contributed by atoms with E-state index in [0.717, 1.165) is 19.4 Å². The van der Waals surface area contributed by atoms with Crippen LogP contribution in [0.25, 0.3) is 0 Å². The molecule has 0 radical (unpaired) electrons. The molecule has 116 valence electrons. The Kier molecular flexibility index (Phi) is 4.97. The predicted molar refractivity (Wildman–Crippen MR) is 87.2 cm³/mol. The summed E-state index contributed by atoms with van der Waals surface area (Å²) in [6, 6.07) is 9.69. The summed E-state index contributed by atoms with van der Waals surface area (Å²) < 4.78 is 0. The number of likely N-dealkylation sites (tertiary alicyclic amines) is 1. The van der Waals surface area contributed by atoms with Crippen molar-refractivity contribution in [3.05, 3.63) is 35.4 Å². The van der Waals surface area contributed by atoms with Crippen LogP contribution in [-0.4, -0.2) is 28.7 Å². The van der Waals surface area contributed by atoms with Crippen molar-refractivity contribution in [2.45, 2.75) is 70.6 Å². The number of aliphatic hydroxyl groups excluding tert-OH is 1. The Morgan fingerprint density at radius 1 is 1.00 bits per heavy atom. The molecule has 1 aromatic rings. The maximum Gasteiger partial charge on any atom is 0.0583 e. The zero-order chi connectivity index (χ0) is 14.7. The maximum atomic E-state index is 10.4. The molecule has 2 aliphatic rings. The van der Waals surface area contributed by atoms with Crippen molar-refractivity contribution < 1.29 is 5.11 Å². The minimum atomic E-state index is -0.0631. The highest BCUT2D eigenvalue weighted by molar-refractivity contribution is 5.22. The van der Waals surface area contributed by atoms with Gasteiger partial charge in [0.25, 0.3) is 0 Å². The van der Waals surface area contributed by atoms with E-state index < -0.39 is 0 Å². The average Bonchev–Trinajstić information content (AvgIpc) is 2.96. The molecule has 1 saturated carbocycles. The van der Waals surface area contributed by atoms with Crippen LogP contribution < -0.4 is 0 Å². The molecule has 3 unspecified atom stereocenters. The van der Waals surface area contributed by atoms with Gasteiger partial charge in [0, 0.05) is 18.5 Å². The third kappa shape index (κ3) is 3.49. The third-order valence-electron chi connectivity index (χ3n) is 5.51. The van der Waals surface area contributed by atoms with Crippen LogP contribution in [0.15, 0.2) is 24.3 Å². The van der Waals surface area contributed by atoms with Crippen LogP contribution in [0.3, 0.4) is 0 Å². The van der Waals surface area contributed by atoms with Crippen molar-refractivity contribution in [2.75, 3.05) is 6.54 Å². The highest BCUT2D eigenvalue weighted by atomic mass is 16.3. The first-order chi connectivity index (χ1) is 10.3. The molecule has 3 rings (SSSR count). The number of benzene rings is 1. The van der Waals surface area contributed by atoms with Crippen LogP contribution in [-0.2, 0) is 13.0 Å². The average molecular weight is 287 g/mol. The zero-order valence-electron chi connectivity index (χ0n) is 13.3. The molecule has 2 heteroatoms. The summed E-state index contributed by atoms with van der Waals surface area (Å²) in [5.74, 6) is 0.510. The highest BCUT2D eigenvalue weighted by Gasteiger charge is 2.36. The number of rotatable bonds is 4. The summed E-state index contributed by atoms with van der Waals surface area (Å²) in [5, 5.41) is 10.4. The third-order valence-corrected chi connectivity index (χ3v) is 5.51. The molecule has 1 aromatic carbocycles. The van der Waals surface area contributed by atoms with Gasteiger partial charge in [-0.2, -0.15) is 0 Å². The van der Waals surface area contributed by atoms with E-state index in [2.05, 4.69) is 36.1 Å². The molecule has 0 aromatic heterocycles. The molecule has 0 amide bonds. The van der Waals surface area contributed by atoms with Crippen LogP contribution in [0.1, 0.15) is 56.6 Å². The summed E-state index contributed by atoms with van der Waals surface area (Å²) >= 11 is 0. The minimum Gasteiger partial charge on any atom is -0.393 e. The molecule has 21 heavy (non-hydrogen) atoms. The Bertz CT molecular complexity index is 441. The molecule has 3 atom stereocenters. The number of hydrogen-bond donors (Lipinski definition) is 1. The highest BCUT2D eigenvalue weighted by Crippen LogP contribution is 2.35. The van der Waals surface area contributed by atoms with Gasteiger partial charge in [0.1, 0.15) is 0 Å². The van der Waals surface area contributed by atoms with Crippen molar-refractivity contribution in [3.8, 4) is 0 Å². The lowest BCUT2D eigenvalue weighted by atomic mass is 9.80. The van der Waals surface area contributed by atoms with Gasteiger partial charge in [0.05, 0.1) is 6.10 Å². The fourth-order valence-corrected chi connectivity index (χ4v) is 4.24. The molecule has 0 bridgehead atoms. The number of aliphatic hydroxyl groups is 1. The van der Waals surface area contributed by atoms with Gasteiger partial charge in [-0.25, -0.2) is 0 Å². The Morgan fingerprint density at radius 3 is 2.43 bits per heavy atom. The lowest BCUT2D eigenvalue weighted by Crippen LogP contribution is -2.42. The van der Waals surface area contributed by atoms with Gasteiger partial charge < -0.3 is 5.11 Å². The van der Waals surface area contributed by atoms with Gasteiger partial charge in [0.15, 0.2) is 0 Å². The first-order valence-electron chi connectivity index (χ1n) is 8.78. The second-order valence-corrected chi connectivity index (χ2v) is 6.87. The van der Waals surface area contributed by atoms with Gasteiger partial charge in [0.2, 0.25) is 0 Å². The lowest BCUT2D eigenvalue weighted by molar-refractivity contribution is 0.0201. The number of nitrogens with zero attached hydrogens (tertiary/aromatic N) is 1. The number of aryl methyl sites for hydroxylation is 1. The summed E-state index contributed by atoms with van der Waals surface area (Å²) in [5.41, 5.74) is 2.84. The second kappa shape index (κ2) is 6.93. The topological polar surface area (TPSA) is 23.5 Å². The summed E-state index contributed by atoms with van der Waals surface area (Å²) in [7, 11) is 0. The van der Waals surface area contributed by atoms with Gasteiger partial charge in [-0.1, -0.05) is 44.0 Å². The Morgan fingerprint density at radius 2 is 1.71 bits per heavy atom. The molecule has 1 aliphatic heterocycles. The Hall–Kier alpha value is -0.860. The van der Waals surface area contributed by atoms with Crippen molar-refractivity contribution in [3.63, 3.8) is 0 Å². The van der Waals surface area contributed by atoms with E-state index in [9.17, 15) is 5.11 Å². The van der Waals surface area contributed by atoms with Crippen LogP contribution in [0, 0.1) is 5.92 Å². The molecule has 1 heterocycles. The first-order valence-corrected chi connectivity index (χ1v) is 8.78. The second-order valence-electron chi connectivity index (χ2n) is 6.87. The molecule has 1 N–H and O–H groups in total. The van der Waals surface area contributed by atoms with Crippen molar-refractivity contribution in [1.29, 1.82) is 0 Å². The molecular weight excluding hydrogens is 258 g/mol. The number of hydrogen-bond acceptors (Lipinski definition) is 2. The largest absolute Gasteiger partial charge is 0.393 e. The molecule has 0 spiro atoms. The van der Waals surface area contributed by atoms with Crippen molar-refractivity contribution in [1.82, 2.24) is 4.90 Å². The van der Waals surface area contributed by atoms with Gasteiger partial charge >= 0.3 is 0 Å². The van der Waals surface area contributed by atoms with Crippen molar-refractivity contribution >= 4 is 0 Å². The van der Waals surface area contributed by atoms with Crippen LogP contribution in [0.4, 0.5) is 0 Å². The van der Waals surface area contributed by atoms with Crippen molar-refractivity contribution in [2.24, 2.45) is 5.92 Å². The van der Waals surface area contributed by atoms with E-state index in [1.807, 2.05) is 0 Å². The van der Waals surface area contributed by atoms with Crippen LogP contribution in [0.5, 0.6) is 0 Å². The Balaban J connectivity index is 1.65. The molecule has 1 aliphatic carbocycles. The van der Waals surface area contributed by atoms with E-state index in [1.54, 1.807) is 0 Å². The maximum absolute atomic E-state index is 10.4. The lowest BCUT2D eigenvalue weighted by Gasteiger charge is -2.37. The van der Waals surface area contributed by atoms with E-state index in [4.69, 9.17) is 0 Å². The quantitative estimate of drug-likeness (QED) is 0.911. The van der Waals surface area contributed by atoms with E-state index in [0.29, 0.717) is 12.0 Å². The monoisotopic (exact) mass is 287 g/mol. The SMILES string of the molecule is CCc1ccc(CN2CCCC2C2CCCCC2O)cc1. The predicted octanol–water partition coefficient (Wildman–Crippen LogP) is 3.76. The summed E-state index contributed by atoms with van der Waals surface area (Å²) in [4.78, 5) is 2.63. The van der Waals surface area contributed by atoms with E-state index in [-0.39, 0.29) is 6.10 Å². The van der Waals surface area contributed by atoms with E-state index in [1.165, 1.54) is 49.8 Å². The minimum absolute atomic E-state index is 0.0631. The zero-order valence-corrected chi connectivity index (χ0v) is 13.3. The molecule has 2 fully saturated rings. The standard InChI is InChI=1S/C19H29NO/c1-2-15-9-11-16(12-10-15)14-20-13-5-7-18(20)17-6-3-4-8-19(17)21/h9-12,17-19,21H,2-8,13-14H2,1H3. The fourth-order valence-electron chi connectivity index (χ4n) is 4.24. The fraction of sp³-hybridized carbons (Fsp3) is 0.684.